The van der Waals surface area contributed by atoms with Crippen LogP contribution in [0.1, 0.15) is 6.42 Å². The molecule has 0 rings (SSSR count). The highest BCUT2D eigenvalue weighted by Crippen LogP contribution is 2.18. The van der Waals surface area contributed by atoms with Crippen LogP contribution in [0.4, 0.5) is 13.2 Å². The number of nitrogens with one attached hydrogen (secondary N) is 1. The third-order valence-electron chi connectivity index (χ3n) is 1.19. The first kappa shape index (κ1) is 14.1. The number of hydrogen-bond donors (Lipinski definition) is 2. The van der Waals surface area contributed by atoms with Crippen molar-refractivity contribution < 1.29 is 27.9 Å². The van der Waals surface area contributed by atoms with Crippen LogP contribution < -0.4 is 5.32 Å². The number of amides is 1. The van der Waals surface area contributed by atoms with Crippen molar-refractivity contribution in [1.82, 2.24) is 5.32 Å². The summed E-state index contributed by atoms with van der Waals surface area (Å²) < 4.78 is 34.9. The van der Waals surface area contributed by atoms with Gasteiger partial charge in [-0.05, 0) is 0 Å². The van der Waals surface area contributed by atoms with E-state index in [0.29, 0.717) is 0 Å². The van der Waals surface area contributed by atoms with Gasteiger partial charge < -0.3 is 10.4 Å². The Morgan fingerprint density at radius 2 is 1.87 bits per heavy atom. The number of aliphatic carboxylic acids is 1. The van der Waals surface area contributed by atoms with Crippen LogP contribution in [0.2, 0.25) is 0 Å². The van der Waals surface area contributed by atoms with Gasteiger partial charge in [0.1, 0.15) is 0 Å². The number of carboxylic acid groups (broad SMARTS) is 1. The lowest BCUT2D eigenvalue weighted by Gasteiger charge is -2.07. The fourth-order valence-electron chi connectivity index (χ4n) is 0.626. The van der Waals surface area contributed by atoms with Crippen LogP contribution in [0.3, 0.4) is 0 Å². The molecule has 0 fully saturated rings. The number of halogens is 3. The first-order valence-corrected chi connectivity index (χ1v) is 5.10. The quantitative estimate of drug-likeness (QED) is 0.728. The second kappa shape index (κ2) is 6.54. The monoisotopic (exact) mass is 245 g/mol. The molecule has 0 saturated carbocycles. The van der Waals surface area contributed by atoms with Gasteiger partial charge in [0.25, 0.3) is 0 Å². The van der Waals surface area contributed by atoms with Crippen molar-refractivity contribution in [2.75, 3.05) is 18.1 Å². The molecule has 15 heavy (non-hydrogen) atoms. The summed E-state index contributed by atoms with van der Waals surface area (Å²) in [5.41, 5.74) is 0. The van der Waals surface area contributed by atoms with Crippen LogP contribution in [-0.4, -0.2) is 41.2 Å². The average molecular weight is 245 g/mol. The lowest BCUT2D eigenvalue weighted by atomic mass is 10.4. The number of carbonyl (C=O) groups excluding carboxylic acids is 1. The molecule has 0 saturated heterocycles. The molecule has 0 aliphatic rings. The van der Waals surface area contributed by atoms with E-state index in [0.717, 1.165) is 11.8 Å². The lowest BCUT2D eigenvalue weighted by Crippen LogP contribution is -2.29. The van der Waals surface area contributed by atoms with Crippen molar-refractivity contribution in [2.45, 2.75) is 12.6 Å². The van der Waals surface area contributed by atoms with Crippen LogP contribution in [-0.2, 0) is 9.59 Å². The molecule has 0 aliphatic carbocycles. The number of rotatable bonds is 6. The third-order valence-corrected chi connectivity index (χ3v) is 2.11. The van der Waals surface area contributed by atoms with Crippen molar-refractivity contribution in [1.29, 1.82) is 0 Å². The molecule has 4 nitrogen and oxygen atoms in total. The highest BCUT2D eigenvalue weighted by molar-refractivity contribution is 8.00. The van der Waals surface area contributed by atoms with E-state index in [4.69, 9.17) is 5.11 Å². The molecule has 0 heterocycles. The van der Waals surface area contributed by atoms with Crippen LogP contribution in [0.15, 0.2) is 0 Å². The van der Waals surface area contributed by atoms with E-state index in [1.807, 2.05) is 5.32 Å². The first-order valence-electron chi connectivity index (χ1n) is 3.94. The van der Waals surface area contributed by atoms with Gasteiger partial charge in [-0.2, -0.15) is 13.2 Å². The zero-order chi connectivity index (χ0) is 11.9. The standard InChI is InChI=1S/C7H10F3NO3S/c8-7(9,10)1-2-11-5(12)3-15-4-6(13)14/h1-4H2,(H,11,12)(H,13,14). The number of carboxylic acids is 1. The molecular weight excluding hydrogens is 235 g/mol. The molecule has 0 aromatic rings. The molecule has 0 atom stereocenters. The van der Waals surface area contributed by atoms with E-state index >= 15 is 0 Å². The molecule has 0 aliphatic heterocycles. The Labute approximate surface area is 88.2 Å². The zero-order valence-corrected chi connectivity index (χ0v) is 8.45. The largest absolute Gasteiger partial charge is 0.481 e. The Morgan fingerprint density at radius 1 is 1.27 bits per heavy atom. The van der Waals surface area contributed by atoms with Crippen LogP contribution in [0, 0.1) is 0 Å². The van der Waals surface area contributed by atoms with Crippen LogP contribution in [0.25, 0.3) is 0 Å². The molecule has 1 amide bonds. The Hall–Kier alpha value is -0.920. The minimum atomic E-state index is -4.29. The van der Waals surface area contributed by atoms with Gasteiger partial charge in [-0.1, -0.05) is 0 Å². The number of alkyl halides is 3. The summed E-state index contributed by atoms with van der Waals surface area (Å²) in [6.07, 6.45) is -5.37. The molecule has 2 N–H and O–H groups in total. The van der Waals surface area contributed by atoms with Gasteiger partial charge >= 0.3 is 12.1 Å². The molecule has 0 unspecified atom stereocenters. The van der Waals surface area contributed by atoms with Crippen LogP contribution >= 0.6 is 11.8 Å². The smallest absolute Gasteiger partial charge is 0.390 e. The van der Waals surface area contributed by atoms with Crippen molar-refractivity contribution in [3.05, 3.63) is 0 Å². The topological polar surface area (TPSA) is 66.4 Å². The molecule has 0 spiro atoms. The minimum absolute atomic E-state index is 0.149. The highest BCUT2D eigenvalue weighted by Gasteiger charge is 2.26. The summed E-state index contributed by atoms with van der Waals surface area (Å²) in [5, 5.41) is 10.2. The van der Waals surface area contributed by atoms with Gasteiger partial charge in [-0.25, -0.2) is 0 Å². The van der Waals surface area contributed by atoms with E-state index < -0.39 is 31.0 Å². The minimum Gasteiger partial charge on any atom is -0.481 e. The fourth-order valence-corrected chi connectivity index (χ4v) is 1.19. The third kappa shape index (κ3) is 11.0. The molecule has 0 radical (unpaired) electrons. The van der Waals surface area contributed by atoms with Gasteiger partial charge in [0, 0.05) is 6.54 Å². The zero-order valence-electron chi connectivity index (χ0n) is 7.63. The second-order valence-corrected chi connectivity index (χ2v) is 3.59. The maximum atomic E-state index is 11.6. The van der Waals surface area contributed by atoms with E-state index in [9.17, 15) is 22.8 Å². The summed E-state index contributed by atoms with van der Waals surface area (Å²) >= 11 is 0.835. The number of carbonyl (C=O) groups is 2. The second-order valence-electron chi connectivity index (χ2n) is 2.60. The lowest BCUT2D eigenvalue weighted by molar-refractivity contribution is -0.135. The summed E-state index contributed by atoms with van der Waals surface area (Å²) in [6, 6.07) is 0. The predicted octanol–water partition coefficient (Wildman–Crippen LogP) is 0.873. The average Bonchev–Trinajstić information content (AvgIpc) is 2.00. The van der Waals surface area contributed by atoms with Crippen molar-refractivity contribution in [3.8, 4) is 0 Å². The van der Waals surface area contributed by atoms with Crippen molar-refractivity contribution >= 4 is 23.6 Å². The van der Waals surface area contributed by atoms with Gasteiger partial charge in [-0.3, -0.25) is 9.59 Å². The Kier molecular flexibility index (Phi) is 6.14. The number of hydrogen-bond acceptors (Lipinski definition) is 3. The maximum absolute atomic E-state index is 11.6. The Bertz CT molecular complexity index is 232. The maximum Gasteiger partial charge on any atom is 0.390 e. The summed E-state index contributed by atoms with van der Waals surface area (Å²) in [4.78, 5) is 20.8. The molecule has 0 aromatic heterocycles. The Morgan fingerprint density at radius 3 is 2.33 bits per heavy atom. The van der Waals surface area contributed by atoms with E-state index in [1.165, 1.54) is 0 Å². The summed E-state index contributed by atoms with van der Waals surface area (Å²) in [6.45, 7) is -0.476. The van der Waals surface area contributed by atoms with Crippen molar-refractivity contribution in [3.63, 3.8) is 0 Å². The van der Waals surface area contributed by atoms with Crippen molar-refractivity contribution in [2.24, 2.45) is 0 Å². The normalized spacial score (nSPS) is 11.1. The fraction of sp³-hybridized carbons (Fsp3) is 0.714. The molecule has 0 aromatic carbocycles. The van der Waals surface area contributed by atoms with Gasteiger partial charge in [0.2, 0.25) is 5.91 Å². The van der Waals surface area contributed by atoms with E-state index in [1.54, 1.807) is 0 Å². The SMILES string of the molecule is O=C(O)CSCC(=O)NCCC(F)(F)F. The summed E-state index contributed by atoms with van der Waals surface area (Å²) in [7, 11) is 0. The first-order chi connectivity index (χ1) is 6.81. The van der Waals surface area contributed by atoms with Crippen LogP contribution in [0.5, 0.6) is 0 Å². The number of thioether (sulfide) groups is 1. The van der Waals surface area contributed by atoms with Gasteiger partial charge in [0.05, 0.1) is 17.9 Å². The molecule has 88 valence electrons. The highest BCUT2D eigenvalue weighted by atomic mass is 32.2. The summed E-state index contributed by atoms with van der Waals surface area (Å²) in [5.74, 6) is -2.05. The molecular formula is C7H10F3NO3S. The molecule has 8 heteroatoms. The molecule has 0 bridgehead atoms. The van der Waals surface area contributed by atoms with Gasteiger partial charge in [-0.15, -0.1) is 11.8 Å². The van der Waals surface area contributed by atoms with E-state index in [2.05, 4.69) is 0 Å². The Balaban J connectivity index is 3.46. The van der Waals surface area contributed by atoms with Gasteiger partial charge in [0.15, 0.2) is 0 Å². The van der Waals surface area contributed by atoms with E-state index in [-0.39, 0.29) is 11.5 Å². The predicted molar refractivity (Wildman–Crippen MR) is 48.6 cm³/mol.